The summed E-state index contributed by atoms with van der Waals surface area (Å²) in [4.78, 5) is 43.0. The van der Waals surface area contributed by atoms with Crippen molar-refractivity contribution in [1.29, 1.82) is 0 Å². The van der Waals surface area contributed by atoms with E-state index in [2.05, 4.69) is 219 Å². The highest BCUT2D eigenvalue weighted by molar-refractivity contribution is 7.89. The predicted molar refractivity (Wildman–Crippen MR) is 551 cm³/mol. The molecule has 0 radical (unpaired) electrons. The third-order valence-electron chi connectivity index (χ3n) is 19.0. The molecule has 15 rings (SSSR count). The van der Waals surface area contributed by atoms with Gasteiger partial charge >= 0.3 is 0 Å². The molecule has 0 aliphatic heterocycles. The summed E-state index contributed by atoms with van der Waals surface area (Å²) in [5.74, 6) is -0.441. The number of ether oxygens (including phenoxy) is 3. The van der Waals surface area contributed by atoms with Crippen LogP contribution in [0.3, 0.4) is 0 Å². The van der Waals surface area contributed by atoms with E-state index in [0.29, 0.717) is 86.4 Å². The van der Waals surface area contributed by atoms with Crippen LogP contribution in [-0.2, 0) is 41.9 Å². The largest absolute Gasteiger partial charge is 0.381 e. The molecule has 0 N–H and O–H groups in total. The maximum atomic E-state index is 12.9. The van der Waals surface area contributed by atoms with Gasteiger partial charge in [0.1, 0.15) is 0 Å². The Morgan fingerprint density at radius 2 is 0.534 bits per heavy atom. The van der Waals surface area contributed by atoms with Crippen LogP contribution >= 0.6 is 81.9 Å². The first kappa shape index (κ1) is 107. The number of nitrogens with zero attached hydrogens (tertiary/aromatic N) is 3. The van der Waals surface area contributed by atoms with E-state index in [-0.39, 0.29) is 34.8 Å². The van der Waals surface area contributed by atoms with Crippen LogP contribution in [0.1, 0.15) is 172 Å². The minimum absolute atomic E-state index is 0.0942. The molecule has 0 unspecified atom stereocenters. The van der Waals surface area contributed by atoms with Gasteiger partial charge in [-0.1, -0.05) is 283 Å². The summed E-state index contributed by atoms with van der Waals surface area (Å²) in [6.45, 7) is 43.5. The fourth-order valence-electron chi connectivity index (χ4n) is 13.1. The molecule has 0 spiro atoms. The third-order valence-corrected chi connectivity index (χ3v) is 21.6. The summed E-state index contributed by atoms with van der Waals surface area (Å²) in [5, 5.41) is 9.86. The first-order valence-electron chi connectivity index (χ1n) is 43.2. The molecule has 12 aromatic carbocycles. The van der Waals surface area contributed by atoms with E-state index in [9.17, 15) is 22.8 Å². The first-order chi connectivity index (χ1) is 61.8. The molecule has 0 aliphatic carbocycles. The van der Waals surface area contributed by atoms with Crippen LogP contribution < -0.4 is 0 Å². The smallest absolute Gasteiger partial charge is 0.264 e. The van der Waals surface area contributed by atoms with Crippen molar-refractivity contribution in [3.05, 3.63) is 337 Å². The molecule has 0 bridgehead atoms. The normalized spacial score (nSPS) is 11.6. The van der Waals surface area contributed by atoms with Crippen LogP contribution in [0.4, 0.5) is 0 Å². The first-order valence-corrected chi connectivity index (χ1v) is 47.9. The molecule has 0 fully saturated rings. The minimum Gasteiger partial charge on any atom is -0.381 e. The highest BCUT2D eigenvalue weighted by Crippen LogP contribution is 2.37. The Morgan fingerprint density at radius 1 is 0.313 bits per heavy atom. The lowest BCUT2D eigenvalue weighted by atomic mass is 9.99. The van der Waals surface area contributed by atoms with Gasteiger partial charge in [0.25, 0.3) is 10.1 Å². The number of rotatable bonds is 21. The molecule has 0 amide bonds. The van der Waals surface area contributed by atoms with Crippen molar-refractivity contribution in [2.75, 3.05) is 66.2 Å². The number of fused-ring (bicyclic) bond motifs is 9. The van der Waals surface area contributed by atoms with Crippen molar-refractivity contribution < 1.29 is 54.6 Å². The Bertz CT molecular complexity index is 5660. The van der Waals surface area contributed by atoms with Gasteiger partial charge < -0.3 is 27.9 Å². The number of benzene rings is 12. The Morgan fingerprint density at radius 3 is 0.718 bits per heavy atom. The molecule has 0 saturated carbocycles. The second-order valence-electron chi connectivity index (χ2n) is 36.9. The fourth-order valence-corrected chi connectivity index (χ4v) is 15.3. The molecule has 3 aromatic heterocycles. The molecule has 0 saturated heterocycles. The second kappa shape index (κ2) is 49.7. The van der Waals surface area contributed by atoms with Gasteiger partial charge in [-0.05, 0) is 212 Å². The molecule has 131 heavy (non-hydrogen) atoms. The van der Waals surface area contributed by atoms with Crippen molar-refractivity contribution in [3.8, 4) is 17.1 Å². The van der Waals surface area contributed by atoms with Crippen LogP contribution in [0.2, 0.25) is 30.1 Å². The van der Waals surface area contributed by atoms with Gasteiger partial charge in [-0.15, -0.1) is 4.33 Å². The van der Waals surface area contributed by atoms with Crippen LogP contribution in [0.25, 0.3) is 82.5 Å². The zero-order valence-electron chi connectivity index (χ0n) is 78.5. The average molecular weight is 1930 g/mol. The summed E-state index contributed by atoms with van der Waals surface area (Å²) in [7, 11) is -1.82. The van der Waals surface area contributed by atoms with E-state index in [0.717, 1.165) is 108 Å². The van der Waals surface area contributed by atoms with Crippen molar-refractivity contribution in [1.82, 2.24) is 13.7 Å². The van der Waals surface area contributed by atoms with Gasteiger partial charge in [0.15, 0.2) is 29.7 Å². The van der Waals surface area contributed by atoms with Crippen molar-refractivity contribution in [2.24, 2.45) is 27.1 Å². The van der Waals surface area contributed by atoms with Gasteiger partial charge in [-0.2, -0.15) is 8.42 Å². The average Bonchev–Trinajstić information content (AvgIpc) is 1.63. The van der Waals surface area contributed by atoms with Gasteiger partial charge in [-0.3, -0.25) is 22.7 Å². The van der Waals surface area contributed by atoms with Gasteiger partial charge in [0.05, 0.1) is 94.6 Å². The van der Waals surface area contributed by atoms with Crippen LogP contribution in [-0.4, -0.2) is 106 Å². The standard InChI is InChI=1S/3C25H15Cl2NO.3C7H16O.2C6H14O3S/c3*26-17-11-14-22(27)21(15-17)25(29)16-9-12-18(13-10-16)28-23-7-3-1-5-19(23)20-6-2-4-8-24(20)28;3*1-5-8-6-7(2,3)4;1-6(2,3)5-9-10(4,7)8;1-6(2,3)5-8-10-9-7-4/h3*1-15H;3*5-6H2,1-4H3;2*5H2,1-4H3. The summed E-state index contributed by atoms with van der Waals surface area (Å²) in [5.41, 5.74) is 13.8. The quantitative estimate of drug-likeness (QED) is 0.0167. The molecular weight excluding hydrogens is 1810 g/mol. The lowest BCUT2D eigenvalue weighted by molar-refractivity contribution is -0.167. The van der Waals surface area contributed by atoms with E-state index >= 15 is 0 Å². The molecule has 23 heteroatoms. The Balaban J connectivity index is 0.000000198. The number of hydrogen-bond acceptors (Lipinski definition) is 13. The van der Waals surface area contributed by atoms with Gasteiger partial charge in [-0.25, -0.2) is 4.89 Å². The lowest BCUT2D eigenvalue weighted by Gasteiger charge is -2.16. The summed E-state index contributed by atoms with van der Waals surface area (Å²) in [6, 6.07) is 87.5. The molecular formula is C108H121Cl6N3O12S2. The van der Waals surface area contributed by atoms with Gasteiger partial charge in [0, 0.05) is 118 Å². The number of carbonyl (C=O) groups excluding carboxylic acids is 3. The van der Waals surface area contributed by atoms with Crippen molar-refractivity contribution in [3.63, 3.8) is 0 Å². The predicted octanol–water partition coefficient (Wildman–Crippen LogP) is 31.4. The molecule has 0 atom stereocenters. The van der Waals surface area contributed by atoms with Crippen LogP contribution in [0.5, 0.6) is 0 Å². The van der Waals surface area contributed by atoms with Crippen LogP contribution in [0.15, 0.2) is 273 Å². The zero-order valence-corrected chi connectivity index (χ0v) is 84.6. The van der Waals surface area contributed by atoms with Crippen LogP contribution in [0, 0.1) is 27.1 Å². The topological polar surface area (TPSA) is 165 Å². The fraction of sp³-hybridized carbons (Fsp3) is 0.306. The second-order valence-corrected chi connectivity index (χ2v) is 41.5. The number of para-hydroxylation sites is 6. The van der Waals surface area contributed by atoms with Gasteiger partial charge in [0.2, 0.25) is 0 Å². The summed E-state index contributed by atoms with van der Waals surface area (Å²) < 4.78 is 57.1. The monoisotopic (exact) mass is 1930 g/mol. The Labute approximate surface area is 808 Å². The molecule has 15 nitrogen and oxygen atoms in total. The molecule has 3 heterocycles. The SMILES string of the molecule is CC(C)(C)COS(C)(=O)=O.CCOCC(C)(C)C.CCOCC(C)(C)C.CCOCC(C)(C)C.COOSOCC(C)(C)C.O=C(c1ccc(-n2c3ccccc3c3ccccc32)cc1)c1cc(Cl)ccc1Cl.O=C(c1ccc(-n2c3ccccc3c3ccccc32)cc1)c1cc(Cl)ccc1Cl.O=C(c1ccc(-n2c3ccccc3c3ccccc32)cc1)c1cc(Cl)ccc1Cl. The van der Waals surface area contributed by atoms with E-state index in [1.807, 2.05) is 151 Å². The molecule has 15 aromatic rings. The van der Waals surface area contributed by atoms with E-state index in [1.165, 1.54) is 39.4 Å². The zero-order chi connectivity index (χ0) is 96.2. The lowest BCUT2D eigenvalue weighted by Crippen LogP contribution is -2.17. The number of carbonyl (C=O) groups is 3. The van der Waals surface area contributed by atoms with E-state index < -0.39 is 10.1 Å². The Hall–Kier alpha value is -9.19. The van der Waals surface area contributed by atoms with E-state index in [4.69, 9.17) is 88.0 Å². The van der Waals surface area contributed by atoms with Crippen molar-refractivity contribution >= 4 is 175 Å². The van der Waals surface area contributed by atoms with Crippen molar-refractivity contribution in [2.45, 2.75) is 125 Å². The summed E-state index contributed by atoms with van der Waals surface area (Å²) in [6.07, 6.45) is 1.05. The Kier molecular flexibility index (Phi) is 40.6. The molecule has 0 aliphatic rings. The highest BCUT2D eigenvalue weighted by Gasteiger charge is 2.22. The number of hydrogen-bond donors (Lipinski definition) is 0. The number of halogens is 6. The highest BCUT2D eigenvalue weighted by atomic mass is 35.5. The maximum absolute atomic E-state index is 12.9. The number of ketones is 3. The maximum Gasteiger partial charge on any atom is 0.264 e. The van der Waals surface area contributed by atoms with E-state index in [1.54, 1.807) is 54.6 Å². The molecule has 694 valence electrons. The third kappa shape index (κ3) is 33.2. The summed E-state index contributed by atoms with van der Waals surface area (Å²) >= 11 is 37.6. The number of aromatic nitrogens is 3. The minimum atomic E-state index is -3.26.